The topological polar surface area (TPSA) is 0 Å². The summed E-state index contributed by atoms with van der Waals surface area (Å²) >= 11 is 0. The van der Waals surface area contributed by atoms with E-state index in [0.717, 1.165) is 12.8 Å². The third kappa shape index (κ3) is 4.00. The van der Waals surface area contributed by atoms with Crippen LogP contribution >= 0.6 is 0 Å². The van der Waals surface area contributed by atoms with Crippen LogP contribution in [0.25, 0.3) is 33.0 Å². The fourth-order valence-corrected chi connectivity index (χ4v) is 11.3. The maximum atomic E-state index is 2.62. The van der Waals surface area contributed by atoms with Crippen LogP contribution in [0.5, 0.6) is 0 Å². The van der Waals surface area contributed by atoms with Crippen molar-refractivity contribution in [1.82, 2.24) is 0 Å². The second-order valence-corrected chi connectivity index (χ2v) is 17.5. The van der Waals surface area contributed by atoms with Crippen LogP contribution in [-0.4, -0.2) is 0 Å². The number of hydrogen-bond donors (Lipinski definition) is 0. The molecule has 4 aliphatic carbocycles. The zero-order valence-corrected chi connectivity index (χ0v) is 31.0. The van der Waals surface area contributed by atoms with E-state index in [-0.39, 0.29) is 10.8 Å². The van der Waals surface area contributed by atoms with Crippen LogP contribution in [0.3, 0.4) is 0 Å². The van der Waals surface area contributed by atoms with E-state index in [9.17, 15) is 0 Å². The van der Waals surface area contributed by atoms with Crippen LogP contribution in [0, 0.1) is 51.4 Å². The molecule has 0 aliphatic heterocycles. The number of fused-ring (bicyclic) bond motifs is 12. The number of benzene rings is 4. The van der Waals surface area contributed by atoms with E-state index >= 15 is 0 Å². The monoisotopic (exact) mass is 618 g/mol. The molecule has 0 heterocycles. The molecule has 2 unspecified atom stereocenters. The first-order valence-electron chi connectivity index (χ1n) is 18.5. The van der Waals surface area contributed by atoms with Gasteiger partial charge in [0.1, 0.15) is 0 Å². The van der Waals surface area contributed by atoms with Crippen molar-refractivity contribution in [3.8, 4) is 11.1 Å². The van der Waals surface area contributed by atoms with Gasteiger partial charge in [0.05, 0.1) is 0 Å². The summed E-state index contributed by atoms with van der Waals surface area (Å²) in [4.78, 5) is 0. The highest BCUT2D eigenvalue weighted by Gasteiger charge is 2.53. The molecule has 47 heavy (non-hydrogen) atoms. The Hall–Kier alpha value is -3.38. The smallest absolute Gasteiger partial charge is 0.0264 e. The Balaban J connectivity index is 1.52. The van der Waals surface area contributed by atoms with Crippen molar-refractivity contribution in [3.05, 3.63) is 115 Å². The van der Waals surface area contributed by atoms with E-state index in [4.69, 9.17) is 0 Å². The van der Waals surface area contributed by atoms with Crippen LogP contribution in [-0.2, 0) is 17.3 Å². The lowest BCUT2D eigenvalue weighted by Crippen LogP contribution is -2.38. The van der Waals surface area contributed by atoms with Crippen molar-refractivity contribution in [1.29, 1.82) is 0 Å². The van der Waals surface area contributed by atoms with E-state index < -0.39 is 0 Å². The fraction of sp³-hybridized carbons (Fsp3) is 0.447. The molecule has 8 rings (SSSR count). The van der Waals surface area contributed by atoms with Gasteiger partial charge in [0.25, 0.3) is 0 Å². The predicted molar refractivity (Wildman–Crippen MR) is 203 cm³/mol. The number of rotatable bonds is 3. The highest BCUT2D eigenvalue weighted by Crippen LogP contribution is 2.66. The van der Waals surface area contributed by atoms with Crippen LogP contribution in [0.1, 0.15) is 124 Å². The second-order valence-electron chi connectivity index (χ2n) is 17.5. The minimum absolute atomic E-state index is 0.0193. The summed E-state index contributed by atoms with van der Waals surface area (Å²) < 4.78 is 0. The average molecular weight is 619 g/mol. The quantitative estimate of drug-likeness (QED) is 0.200. The van der Waals surface area contributed by atoms with Crippen molar-refractivity contribution < 1.29 is 0 Å². The van der Waals surface area contributed by atoms with Crippen molar-refractivity contribution in [3.63, 3.8) is 0 Å². The lowest BCUT2D eigenvalue weighted by Gasteiger charge is -2.47. The van der Waals surface area contributed by atoms with Gasteiger partial charge in [0.15, 0.2) is 0 Å². The van der Waals surface area contributed by atoms with E-state index in [1.165, 1.54) is 61.7 Å². The van der Waals surface area contributed by atoms with Crippen molar-refractivity contribution in [2.75, 3.05) is 0 Å². The molecule has 0 N–H and O–H groups in total. The summed E-state index contributed by atoms with van der Waals surface area (Å²) in [7, 11) is 0. The zero-order chi connectivity index (χ0) is 33.5. The maximum Gasteiger partial charge on any atom is 0.0264 e. The summed E-state index contributed by atoms with van der Waals surface area (Å²) in [6.45, 7) is 29.1. The third-order valence-electron chi connectivity index (χ3n) is 13.0. The van der Waals surface area contributed by atoms with Gasteiger partial charge in [-0.3, -0.25) is 0 Å². The normalized spacial score (nSPS) is 22.2. The number of allylic oxidation sites excluding steroid dienone is 4. The summed E-state index contributed by atoms with van der Waals surface area (Å²) in [6.07, 6.45) is 3.39. The lowest BCUT2D eigenvalue weighted by atomic mass is 9.57. The van der Waals surface area contributed by atoms with Crippen LogP contribution < -0.4 is 0 Å². The van der Waals surface area contributed by atoms with Gasteiger partial charge in [0.2, 0.25) is 0 Å². The first-order chi connectivity index (χ1) is 22.2. The SMILES string of the molecule is Cc1ccc2c(c1)C1=C(C2)c2c(ccc3c2-c2cc(C)c4c(C)cc(C)cc4c2C32CC(C(C)C)=C(C(C)C)C(C(C)C)C2)C1(C)C. The summed E-state index contributed by atoms with van der Waals surface area (Å²) in [5, 5.41) is 2.99. The standard InChI is InChI=1S/C47H54/c1-24(2)36-22-47(23-37(25(3)4)40(36)26(5)6)39-16-15-38-42(35-21-31-14-13-27(7)18-32(31)44(35)46(38,11)12)43(39)34-20-30(10)41-29(9)17-28(8)19-33(41)45(34)47/h13-20,24-26,36H,21-23H2,1-12H3. The molecule has 0 amide bonds. The molecule has 4 aromatic carbocycles. The molecule has 0 heteroatoms. The summed E-state index contributed by atoms with van der Waals surface area (Å²) in [6, 6.07) is 19.9. The molecule has 4 aromatic rings. The van der Waals surface area contributed by atoms with E-state index in [2.05, 4.69) is 132 Å². The summed E-state index contributed by atoms with van der Waals surface area (Å²) in [5.74, 6) is 2.28. The van der Waals surface area contributed by atoms with Crippen LogP contribution in [0.15, 0.2) is 59.7 Å². The fourth-order valence-electron chi connectivity index (χ4n) is 11.3. The summed E-state index contributed by atoms with van der Waals surface area (Å²) in [5.41, 5.74) is 24.7. The Labute approximate surface area is 284 Å². The van der Waals surface area contributed by atoms with Gasteiger partial charge in [-0.2, -0.15) is 0 Å². The lowest BCUT2D eigenvalue weighted by molar-refractivity contribution is 0.277. The molecular weight excluding hydrogens is 565 g/mol. The van der Waals surface area contributed by atoms with Crippen molar-refractivity contribution in [2.45, 2.75) is 113 Å². The molecule has 4 aliphatic rings. The molecule has 242 valence electrons. The average Bonchev–Trinajstić information content (AvgIpc) is 3.56. The molecule has 0 nitrogen and oxygen atoms in total. The minimum Gasteiger partial charge on any atom is -0.0667 e. The molecular formula is C47H54. The second kappa shape index (κ2) is 10.1. The Morgan fingerprint density at radius 3 is 2.09 bits per heavy atom. The highest BCUT2D eigenvalue weighted by atomic mass is 14.6. The molecule has 0 radical (unpaired) electrons. The van der Waals surface area contributed by atoms with Gasteiger partial charge < -0.3 is 0 Å². The predicted octanol–water partition coefficient (Wildman–Crippen LogP) is 12.8. The largest absolute Gasteiger partial charge is 0.0667 e. The van der Waals surface area contributed by atoms with Gasteiger partial charge in [-0.05, 0) is 148 Å². The molecule has 0 saturated carbocycles. The maximum absolute atomic E-state index is 2.62. The van der Waals surface area contributed by atoms with Crippen LogP contribution in [0.2, 0.25) is 0 Å². The van der Waals surface area contributed by atoms with E-state index in [0.29, 0.717) is 23.7 Å². The number of aryl methyl sites for hydroxylation is 4. The van der Waals surface area contributed by atoms with Gasteiger partial charge in [0, 0.05) is 10.8 Å². The highest BCUT2D eigenvalue weighted by molar-refractivity contribution is 6.12. The molecule has 0 fully saturated rings. The van der Waals surface area contributed by atoms with Crippen molar-refractivity contribution in [2.24, 2.45) is 23.7 Å². The zero-order valence-electron chi connectivity index (χ0n) is 31.0. The van der Waals surface area contributed by atoms with Gasteiger partial charge in [-0.25, -0.2) is 0 Å². The van der Waals surface area contributed by atoms with Crippen LogP contribution in [0.4, 0.5) is 0 Å². The molecule has 0 aromatic heterocycles. The molecule has 1 spiro atoms. The Morgan fingerprint density at radius 1 is 0.702 bits per heavy atom. The van der Waals surface area contributed by atoms with Gasteiger partial charge >= 0.3 is 0 Å². The molecule has 0 bridgehead atoms. The Morgan fingerprint density at radius 2 is 1.40 bits per heavy atom. The van der Waals surface area contributed by atoms with E-state index in [1.54, 1.807) is 44.5 Å². The number of hydrogen-bond acceptors (Lipinski definition) is 0. The first kappa shape index (κ1) is 30.9. The Bertz CT molecular complexity index is 2100. The van der Waals surface area contributed by atoms with Gasteiger partial charge in [-0.1, -0.05) is 126 Å². The van der Waals surface area contributed by atoms with E-state index in [1.807, 2.05) is 0 Å². The minimum atomic E-state index is -0.0334. The molecule has 0 saturated heterocycles. The van der Waals surface area contributed by atoms with Gasteiger partial charge in [-0.15, -0.1) is 0 Å². The first-order valence-corrected chi connectivity index (χ1v) is 18.5. The third-order valence-corrected chi connectivity index (χ3v) is 13.0. The molecule has 2 atom stereocenters. The van der Waals surface area contributed by atoms with Crippen molar-refractivity contribution >= 4 is 21.9 Å². The Kier molecular flexibility index (Phi) is 6.63.